The highest BCUT2D eigenvalue weighted by Gasteiger charge is 2.28. The molecular formula is C10H19N3O3. The van der Waals surface area contributed by atoms with Gasteiger partial charge in [-0.15, -0.1) is 0 Å². The van der Waals surface area contributed by atoms with Crippen LogP contribution in [0, 0.1) is 0 Å². The van der Waals surface area contributed by atoms with E-state index >= 15 is 0 Å². The monoisotopic (exact) mass is 229 g/mol. The SMILES string of the molecule is NNC(=O)C(=O)N(CCO)C1CCCCC1. The van der Waals surface area contributed by atoms with Gasteiger partial charge in [0.25, 0.3) is 0 Å². The first kappa shape index (κ1) is 12.9. The number of nitrogens with two attached hydrogens (primary N) is 1. The number of aliphatic hydroxyl groups excluding tert-OH is 1. The molecular weight excluding hydrogens is 210 g/mol. The summed E-state index contributed by atoms with van der Waals surface area (Å²) in [5, 5.41) is 8.91. The zero-order valence-corrected chi connectivity index (χ0v) is 9.32. The van der Waals surface area contributed by atoms with Crippen molar-refractivity contribution < 1.29 is 14.7 Å². The Morgan fingerprint density at radius 1 is 1.31 bits per heavy atom. The number of nitrogens with one attached hydrogen (secondary N) is 1. The third-order valence-electron chi connectivity index (χ3n) is 2.94. The number of amides is 2. The summed E-state index contributed by atoms with van der Waals surface area (Å²) in [4.78, 5) is 24.3. The highest BCUT2D eigenvalue weighted by Crippen LogP contribution is 2.22. The van der Waals surface area contributed by atoms with Gasteiger partial charge in [0.05, 0.1) is 6.61 Å². The molecule has 0 aromatic rings. The van der Waals surface area contributed by atoms with E-state index in [2.05, 4.69) is 0 Å². The Balaban J connectivity index is 2.64. The first-order chi connectivity index (χ1) is 7.70. The molecule has 6 heteroatoms. The predicted molar refractivity (Wildman–Crippen MR) is 58.0 cm³/mol. The van der Waals surface area contributed by atoms with Gasteiger partial charge >= 0.3 is 11.8 Å². The van der Waals surface area contributed by atoms with Crippen LogP contribution in [-0.2, 0) is 9.59 Å². The van der Waals surface area contributed by atoms with Gasteiger partial charge in [-0.2, -0.15) is 0 Å². The lowest BCUT2D eigenvalue weighted by Gasteiger charge is -2.33. The number of nitrogens with zero attached hydrogens (tertiary/aromatic N) is 1. The highest BCUT2D eigenvalue weighted by molar-refractivity contribution is 6.34. The van der Waals surface area contributed by atoms with Crippen molar-refractivity contribution in [1.29, 1.82) is 0 Å². The summed E-state index contributed by atoms with van der Waals surface area (Å²) in [5.41, 5.74) is 1.83. The van der Waals surface area contributed by atoms with Crippen LogP contribution in [-0.4, -0.2) is 41.0 Å². The van der Waals surface area contributed by atoms with Crippen molar-refractivity contribution in [2.24, 2.45) is 5.84 Å². The average Bonchev–Trinajstić information content (AvgIpc) is 2.35. The van der Waals surface area contributed by atoms with Crippen molar-refractivity contribution in [3.63, 3.8) is 0 Å². The van der Waals surface area contributed by atoms with Crippen LogP contribution in [0.4, 0.5) is 0 Å². The van der Waals surface area contributed by atoms with Crippen molar-refractivity contribution in [2.75, 3.05) is 13.2 Å². The van der Waals surface area contributed by atoms with Gasteiger partial charge in [-0.05, 0) is 12.8 Å². The molecule has 92 valence electrons. The van der Waals surface area contributed by atoms with Crippen LogP contribution in [0.25, 0.3) is 0 Å². The van der Waals surface area contributed by atoms with E-state index in [0.29, 0.717) is 0 Å². The molecule has 0 radical (unpaired) electrons. The van der Waals surface area contributed by atoms with E-state index in [9.17, 15) is 9.59 Å². The van der Waals surface area contributed by atoms with E-state index in [1.807, 2.05) is 5.43 Å². The van der Waals surface area contributed by atoms with Gasteiger partial charge in [-0.1, -0.05) is 19.3 Å². The maximum absolute atomic E-state index is 11.7. The zero-order valence-electron chi connectivity index (χ0n) is 9.32. The highest BCUT2D eigenvalue weighted by atomic mass is 16.3. The summed E-state index contributed by atoms with van der Waals surface area (Å²) in [6.45, 7) is 0.0526. The van der Waals surface area contributed by atoms with Crippen LogP contribution in [0.2, 0.25) is 0 Å². The maximum Gasteiger partial charge on any atom is 0.323 e. The molecule has 4 N–H and O–H groups in total. The second-order valence-electron chi connectivity index (χ2n) is 3.99. The molecule has 0 atom stereocenters. The molecule has 6 nitrogen and oxygen atoms in total. The lowest BCUT2D eigenvalue weighted by Crippen LogP contribution is -2.51. The summed E-state index contributed by atoms with van der Waals surface area (Å²) in [7, 11) is 0. The fourth-order valence-electron chi connectivity index (χ4n) is 2.14. The molecule has 0 aliphatic heterocycles. The van der Waals surface area contributed by atoms with Gasteiger partial charge in [0, 0.05) is 12.6 Å². The number of hydrogen-bond donors (Lipinski definition) is 3. The van der Waals surface area contributed by atoms with E-state index in [1.165, 1.54) is 11.3 Å². The fraction of sp³-hybridized carbons (Fsp3) is 0.800. The van der Waals surface area contributed by atoms with Gasteiger partial charge < -0.3 is 10.0 Å². The number of carbonyl (C=O) groups excluding carboxylic acids is 2. The van der Waals surface area contributed by atoms with E-state index in [1.54, 1.807) is 0 Å². The summed E-state index contributed by atoms with van der Waals surface area (Å²) < 4.78 is 0. The lowest BCUT2D eigenvalue weighted by molar-refractivity contribution is -0.148. The molecule has 1 aliphatic carbocycles. The minimum Gasteiger partial charge on any atom is -0.395 e. The van der Waals surface area contributed by atoms with Crippen molar-refractivity contribution in [3.8, 4) is 0 Å². The van der Waals surface area contributed by atoms with E-state index in [-0.39, 0.29) is 19.2 Å². The van der Waals surface area contributed by atoms with Gasteiger partial charge in [-0.25, -0.2) is 5.84 Å². The molecule has 0 aromatic carbocycles. The van der Waals surface area contributed by atoms with E-state index in [4.69, 9.17) is 10.9 Å². The van der Waals surface area contributed by atoms with Crippen LogP contribution in [0.5, 0.6) is 0 Å². The van der Waals surface area contributed by atoms with Crippen molar-refractivity contribution in [3.05, 3.63) is 0 Å². The topological polar surface area (TPSA) is 95.7 Å². The molecule has 0 unspecified atom stereocenters. The molecule has 16 heavy (non-hydrogen) atoms. The Bertz CT molecular complexity index is 252. The second kappa shape index (κ2) is 6.44. The third kappa shape index (κ3) is 3.18. The molecule has 0 aromatic heterocycles. The molecule has 1 aliphatic rings. The first-order valence-electron chi connectivity index (χ1n) is 5.63. The summed E-state index contributed by atoms with van der Waals surface area (Å²) in [6, 6.07) is 0.0608. The number of hydrogen-bond acceptors (Lipinski definition) is 4. The molecule has 0 spiro atoms. The Labute approximate surface area is 94.8 Å². The molecule has 1 saturated carbocycles. The van der Waals surface area contributed by atoms with Crippen molar-refractivity contribution in [2.45, 2.75) is 38.1 Å². The first-order valence-corrected chi connectivity index (χ1v) is 5.63. The number of aliphatic hydroxyl groups is 1. The molecule has 0 saturated heterocycles. The smallest absolute Gasteiger partial charge is 0.323 e. The Hall–Kier alpha value is -1.14. The average molecular weight is 229 g/mol. The molecule has 0 bridgehead atoms. The summed E-state index contributed by atoms with van der Waals surface area (Å²) in [6.07, 6.45) is 5.07. The van der Waals surface area contributed by atoms with Crippen molar-refractivity contribution >= 4 is 11.8 Å². The van der Waals surface area contributed by atoms with Crippen LogP contribution in [0.1, 0.15) is 32.1 Å². The largest absolute Gasteiger partial charge is 0.395 e. The van der Waals surface area contributed by atoms with Gasteiger partial charge in [-0.3, -0.25) is 15.0 Å². The molecule has 1 fully saturated rings. The van der Waals surface area contributed by atoms with Crippen LogP contribution >= 0.6 is 0 Å². The standard InChI is InChI=1S/C10H19N3O3/c11-12-9(15)10(16)13(6-7-14)8-4-2-1-3-5-8/h8,14H,1-7,11H2,(H,12,15). The normalized spacial score (nSPS) is 16.9. The van der Waals surface area contributed by atoms with Gasteiger partial charge in [0.15, 0.2) is 0 Å². The molecule has 1 rings (SSSR count). The zero-order chi connectivity index (χ0) is 12.0. The van der Waals surface area contributed by atoms with Gasteiger partial charge in [0.2, 0.25) is 0 Å². The quantitative estimate of drug-likeness (QED) is 0.254. The number of hydrazine groups is 1. The van der Waals surface area contributed by atoms with E-state index < -0.39 is 11.8 Å². The third-order valence-corrected chi connectivity index (χ3v) is 2.94. The van der Waals surface area contributed by atoms with Gasteiger partial charge in [0.1, 0.15) is 0 Å². The summed E-state index contributed by atoms with van der Waals surface area (Å²) >= 11 is 0. The van der Waals surface area contributed by atoms with Crippen molar-refractivity contribution in [1.82, 2.24) is 10.3 Å². The molecule has 2 amide bonds. The van der Waals surface area contributed by atoms with Crippen LogP contribution in [0.3, 0.4) is 0 Å². The minimum absolute atomic E-state index is 0.0608. The van der Waals surface area contributed by atoms with Crippen LogP contribution in [0.15, 0.2) is 0 Å². The van der Waals surface area contributed by atoms with Crippen LogP contribution < -0.4 is 11.3 Å². The Morgan fingerprint density at radius 3 is 2.44 bits per heavy atom. The summed E-state index contributed by atoms with van der Waals surface area (Å²) in [5.74, 6) is 3.46. The fourth-order valence-corrected chi connectivity index (χ4v) is 2.14. The Morgan fingerprint density at radius 2 is 1.94 bits per heavy atom. The number of carbonyl (C=O) groups is 2. The minimum atomic E-state index is -0.820. The lowest BCUT2D eigenvalue weighted by atomic mass is 9.94. The second-order valence-corrected chi connectivity index (χ2v) is 3.99. The molecule has 0 heterocycles. The maximum atomic E-state index is 11.7. The number of rotatable bonds is 3. The van der Waals surface area contributed by atoms with E-state index in [0.717, 1.165) is 25.7 Å². The predicted octanol–water partition coefficient (Wildman–Crippen LogP) is -0.870. The Kier molecular flexibility index (Phi) is 5.21.